The fourth-order valence-corrected chi connectivity index (χ4v) is 1.51. The fourth-order valence-electron chi connectivity index (χ4n) is 1.51. The van der Waals surface area contributed by atoms with Crippen LogP contribution in [0, 0.1) is 0 Å². The van der Waals surface area contributed by atoms with Crippen LogP contribution in [-0.4, -0.2) is 0 Å². The Morgan fingerprint density at radius 1 is 1.06 bits per heavy atom. The molecule has 0 atom stereocenters. The molecule has 0 amide bonds. The summed E-state index contributed by atoms with van der Waals surface area (Å²) in [6.45, 7) is 2.14. The molecule has 1 aromatic carbocycles. The third kappa shape index (κ3) is 5.07. The molecule has 17 heavy (non-hydrogen) atoms. The van der Waals surface area contributed by atoms with E-state index in [2.05, 4.69) is 6.92 Å². The van der Waals surface area contributed by atoms with Gasteiger partial charge in [-0.3, -0.25) is 0 Å². The van der Waals surface area contributed by atoms with E-state index in [1.165, 1.54) is 25.0 Å². The molecule has 0 aliphatic heterocycles. The first-order chi connectivity index (χ1) is 8.04. The van der Waals surface area contributed by atoms with Gasteiger partial charge in [-0.25, -0.2) is 0 Å². The Balaban J connectivity index is 2.51. The molecular weight excluding hydrogens is 225 g/mol. The molecule has 1 rings (SSSR count). The second-order valence-electron chi connectivity index (χ2n) is 4.02. The Hall–Kier alpha value is -1.25. The van der Waals surface area contributed by atoms with E-state index >= 15 is 0 Å². The van der Waals surface area contributed by atoms with Gasteiger partial charge in [-0.1, -0.05) is 44.1 Å². The fraction of sp³-hybridized carbons (Fsp3) is 0.429. The van der Waals surface area contributed by atoms with Gasteiger partial charge in [0.15, 0.2) is 0 Å². The number of benzene rings is 1. The summed E-state index contributed by atoms with van der Waals surface area (Å²) in [6.07, 6.45) is 4.12. The van der Waals surface area contributed by atoms with Crippen LogP contribution in [0.1, 0.15) is 43.7 Å². The van der Waals surface area contributed by atoms with Crippen molar-refractivity contribution in [3.8, 4) is 0 Å². The minimum Gasteiger partial charge on any atom is -0.166 e. The molecule has 0 unspecified atom stereocenters. The summed E-state index contributed by atoms with van der Waals surface area (Å²) in [5.41, 5.74) is 0.218. The molecular formula is C14H17F3. The molecule has 0 bridgehead atoms. The highest BCUT2D eigenvalue weighted by Gasteiger charge is 2.29. The lowest BCUT2D eigenvalue weighted by atomic mass is 10.1. The first-order valence-corrected chi connectivity index (χ1v) is 5.88. The van der Waals surface area contributed by atoms with Crippen molar-refractivity contribution in [2.75, 3.05) is 0 Å². The highest BCUT2D eigenvalue weighted by Crippen LogP contribution is 2.29. The third-order valence-electron chi connectivity index (χ3n) is 2.52. The van der Waals surface area contributed by atoms with Crippen LogP contribution in [0.4, 0.5) is 13.2 Å². The molecule has 0 radical (unpaired) electrons. The maximum Gasteiger partial charge on any atom is 0.416 e. The predicted octanol–water partition coefficient (Wildman–Crippen LogP) is 5.30. The topological polar surface area (TPSA) is 0 Å². The maximum atomic E-state index is 12.3. The number of hydrogen-bond acceptors (Lipinski definition) is 0. The highest BCUT2D eigenvalue weighted by atomic mass is 19.4. The van der Waals surface area contributed by atoms with Gasteiger partial charge >= 0.3 is 6.18 Å². The van der Waals surface area contributed by atoms with Crippen molar-refractivity contribution in [2.24, 2.45) is 0 Å². The number of rotatable bonds is 5. The minimum atomic E-state index is -4.25. The Bertz CT molecular complexity index is 347. The molecule has 3 heteroatoms. The van der Waals surface area contributed by atoms with Crippen LogP contribution in [0.25, 0.3) is 6.08 Å². The lowest BCUT2D eigenvalue weighted by Gasteiger charge is -2.05. The summed E-state index contributed by atoms with van der Waals surface area (Å²) in [6, 6.07) is 5.23. The van der Waals surface area contributed by atoms with Crippen molar-refractivity contribution >= 4 is 6.08 Å². The van der Waals surface area contributed by atoms with Gasteiger partial charge in [0.25, 0.3) is 0 Å². The van der Waals surface area contributed by atoms with Crippen molar-refractivity contribution in [3.05, 3.63) is 41.5 Å². The molecule has 0 aliphatic carbocycles. The van der Waals surface area contributed by atoms with Crippen molar-refractivity contribution in [1.82, 2.24) is 0 Å². The van der Waals surface area contributed by atoms with Gasteiger partial charge in [-0.15, -0.1) is 0 Å². The van der Waals surface area contributed by atoms with E-state index in [-0.39, 0.29) is 0 Å². The zero-order valence-electron chi connectivity index (χ0n) is 9.93. The van der Waals surface area contributed by atoms with Crippen LogP contribution in [0.3, 0.4) is 0 Å². The first-order valence-electron chi connectivity index (χ1n) is 5.88. The SMILES string of the molecule is CCCCCC=Cc1ccc(C(F)(F)F)cc1. The summed E-state index contributed by atoms with van der Waals surface area (Å²) in [7, 11) is 0. The van der Waals surface area contributed by atoms with Gasteiger partial charge in [0.05, 0.1) is 5.56 Å². The van der Waals surface area contributed by atoms with Crippen LogP contribution in [0.5, 0.6) is 0 Å². The van der Waals surface area contributed by atoms with E-state index in [1.54, 1.807) is 0 Å². The zero-order chi connectivity index (χ0) is 12.7. The summed E-state index contributed by atoms with van der Waals surface area (Å²) in [5.74, 6) is 0. The van der Waals surface area contributed by atoms with Crippen molar-refractivity contribution in [3.63, 3.8) is 0 Å². The van der Waals surface area contributed by atoms with E-state index in [1.807, 2.05) is 12.2 Å². The Morgan fingerprint density at radius 3 is 2.24 bits per heavy atom. The molecule has 0 saturated carbocycles. The molecule has 0 saturated heterocycles. The molecule has 0 nitrogen and oxygen atoms in total. The van der Waals surface area contributed by atoms with Crippen LogP contribution >= 0.6 is 0 Å². The van der Waals surface area contributed by atoms with Crippen molar-refractivity contribution < 1.29 is 13.2 Å². The molecule has 94 valence electrons. The van der Waals surface area contributed by atoms with E-state index in [4.69, 9.17) is 0 Å². The first kappa shape index (κ1) is 13.8. The highest BCUT2D eigenvalue weighted by molar-refractivity contribution is 5.49. The summed E-state index contributed by atoms with van der Waals surface area (Å²) in [5, 5.41) is 0. The van der Waals surface area contributed by atoms with Gasteiger partial charge in [0, 0.05) is 0 Å². The quantitative estimate of drug-likeness (QED) is 0.615. The summed E-state index contributed by atoms with van der Waals surface area (Å²) in [4.78, 5) is 0. The standard InChI is InChI=1S/C14H17F3/c1-2-3-4-5-6-7-12-8-10-13(11-9-12)14(15,16)17/h6-11H,2-5H2,1H3. The molecule has 0 fully saturated rings. The number of alkyl halides is 3. The summed E-state index contributed by atoms with van der Waals surface area (Å²) >= 11 is 0. The average Bonchev–Trinajstić information content (AvgIpc) is 2.28. The largest absolute Gasteiger partial charge is 0.416 e. The monoisotopic (exact) mass is 242 g/mol. The Morgan fingerprint density at radius 2 is 1.71 bits per heavy atom. The van der Waals surface area contributed by atoms with Crippen LogP contribution in [0.15, 0.2) is 30.3 Å². The number of hydrogen-bond donors (Lipinski definition) is 0. The van der Waals surface area contributed by atoms with Crippen LogP contribution < -0.4 is 0 Å². The summed E-state index contributed by atoms with van der Waals surface area (Å²) < 4.78 is 36.9. The lowest BCUT2D eigenvalue weighted by Crippen LogP contribution is -2.03. The smallest absolute Gasteiger partial charge is 0.166 e. The molecule has 0 aliphatic rings. The van der Waals surface area contributed by atoms with Crippen LogP contribution in [0.2, 0.25) is 0 Å². The number of halogens is 3. The normalized spacial score (nSPS) is 12.2. The van der Waals surface area contributed by atoms with E-state index < -0.39 is 11.7 Å². The van der Waals surface area contributed by atoms with Crippen LogP contribution in [-0.2, 0) is 6.18 Å². The molecule has 1 aromatic rings. The number of allylic oxidation sites excluding steroid dienone is 1. The second-order valence-corrected chi connectivity index (χ2v) is 4.02. The van der Waals surface area contributed by atoms with E-state index in [9.17, 15) is 13.2 Å². The molecule has 0 heterocycles. The average molecular weight is 242 g/mol. The second kappa shape index (κ2) is 6.48. The Labute approximate surface area is 100 Å². The van der Waals surface area contributed by atoms with Gasteiger partial charge in [0.1, 0.15) is 0 Å². The number of unbranched alkanes of at least 4 members (excludes halogenated alkanes) is 3. The maximum absolute atomic E-state index is 12.3. The van der Waals surface area contributed by atoms with Gasteiger partial charge in [0.2, 0.25) is 0 Å². The zero-order valence-corrected chi connectivity index (χ0v) is 9.93. The third-order valence-corrected chi connectivity index (χ3v) is 2.52. The molecule has 0 N–H and O–H groups in total. The van der Waals surface area contributed by atoms with Gasteiger partial charge in [-0.2, -0.15) is 13.2 Å². The molecule has 0 aromatic heterocycles. The Kier molecular flexibility index (Phi) is 5.26. The van der Waals surface area contributed by atoms with Gasteiger partial charge < -0.3 is 0 Å². The van der Waals surface area contributed by atoms with Gasteiger partial charge in [-0.05, 0) is 30.5 Å². The lowest BCUT2D eigenvalue weighted by molar-refractivity contribution is -0.137. The molecule has 0 spiro atoms. The minimum absolute atomic E-state index is 0.597. The van der Waals surface area contributed by atoms with Crippen molar-refractivity contribution in [1.29, 1.82) is 0 Å². The van der Waals surface area contributed by atoms with Crippen molar-refractivity contribution in [2.45, 2.75) is 38.8 Å². The van der Waals surface area contributed by atoms with E-state index in [0.717, 1.165) is 30.5 Å². The predicted molar refractivity (Wildman–Crippen MR) is 64.6 cm³/mol. The van der Waals surface area contributed by atoms with E-state index in [0.29, 0.717) is 0 Å².